The van der Waals surface area contributed by atoms with Crippen molar-refractivity contribution in [2.75, 3.05) is 11.5 Å². The van der Waals surface area contributed by atoms with E-state index in [-0.39, 0.29) is 18.1 Å². The van der Waals surface area contributed by atoms with Crippen molar-refractivity contribution in [1.82, 2.24) is 4.57 Å². The normalized spacial score (nSPS) is 11.9. The molecule has 5 heteroatoms. The van der Waals surface area contributed by atoms with Gasteiger partial charge in [0.25, 0.3) is 0 Å². The van der Waals surface area contributed by atoms with Crippen molar-refractivity contribution >= 4 is 9.84 Å². The Morgan fingerprint density at radius 3 is 2.80 bits per heavy atom. The van der Waals surface area contributed by atoms with E-state index in [1.54, 1.807) is 6.92 Å². The third kappa shape index (κ3) is 3.68. The van der Waals surface area contributed by atoms with E-state index < -0.39 is 9.84 Å². The predicted molar refractivity (Wildman–Crippen MR) is 59.3 cm³/mol. The summed E-state index contributed by atoms with van der Waals surface area (Å²) in [5.74, 6) is 0.415. The topological polar surface area (TPSA) is 59.3 Å². The van der Waals surface area contributed by atoms with Gasteiger partial charge in [0.05, 0.1) is 12.4 Å². The minimum absolute atomic E-state index is 0.00642. The number of hydrogen-bond donors (Lipinski definition) is 1. The van der Waals surface area contributed by atoms with E-state index in [2.05, 4.69) is 0 Å². The van der Waals surface area contributed by atoms with Crippen molar-refractivity contribution in [2.24, 2.45) is 0 Å². The second-order valence-corrected chi connectivity index (χ2v) is 5.91. The SMILES string of the molecule is CCS(=O)(=O)CCCn1cccc1CO. The van der Waals surface area contributed by atoms with Gasteiger partial charge >= 0.3 is 0 Å². The summed E-state index contributed by atoms with van der Waals surface area (Å²) in [5.41, 5.74) is 0.823. The first-order valence-corrected chi connectivity index (χ1v) is 6.86. The summed E-state index contributed by atoms with van der Waals surface area (Å²) in [6.45, 7) is 2.29. The lowest BCUT2D eigenvalue weighted by atomic mass is 10.4. The van der Waals surface area contributed by atoms with Gasteiger partial charge in [-0.25, -0.2) is 8.42 Å². The van der Waals surface area contributed by atoms with Crippen LogP contribution < -0.4 is 0 Å². The molecule has 0 radical (unpaired) electrons. The first kappa shape index (κ1) is 12.3. The number of rotatable bonds is 6. The summed E-state index contributed by atoms with van der Waals surface area (Å²) in [5, 5.41) is 8.97. The Morgan fingerprint density at radius 2 is 2.20 bits per heavy atom. The Morgan fingerprint density at radius 1 is 1.47 bits per heavy atom. The Kier molecular flexibility index (Phi) is 4.35. The molecule has 0 bridgehead atoms. The molecule has 0 unspecified atom stereocenters. The molecule has 0 atom stereocenters. The van der Waals surface area contributed by atoms with Crippen molar-refractivity contribution in [3.05, 3.63) is 24.0 Å². The summed E-state index contributed by atoms with van der Waals surface area (Å²) in [6, 6.07) is 3.67. The molecule has 1 aromatic heterocycles. The summed E-state index contributed by atoms with van der Waals surface area (Å²) in [6.07, 6.45) is 2.45. The third-order valence-corrected chi connectivity index (χ3v) is 4.17. The lowest BCUT2D eigenvalue weighted by Crippen LogP contribution is -2.12. The van der Waals surface area contributed by atoms with Gasteiger partial charge in [0.15, 0.2) is 0 Å². The Bertz CT molecular complexity index is 395. The molecule has 15 heavy (non-hydrogen) atoms. The van der Waals surface area contributed by atoms with E-state index in [1.807, 2.05) is 22.9 Å². The maximum absolute atomic E-state index is 11.2. The number of nitrogens with zero attached hydrogens (tertiary/aromatic N) is 1. The van der Waals surface area contributed by atoms with Crippen LogP contribution in [0.2, 0.25) is 0 Å². The predicted octanol–water partition coefficient (Wildman–Crippen LogP) is 0.805. The molecule has 1 aromatic rings. The average molecular weight is 231 g/mol. The summed E-state index contributed by atoms with van der Waals surface area (Å²) in [7, 11) is -2.87. The van der Waals surface area contributed by atoms with Gasteiger partial charge in [-0.1, -0.05) is 6.92 Å². The monoisotopic (exact) mass is 231 g/mol. The zero-order chi connectivity index (χ0) is 11.3. The van der Waals surface area contributed by atoms with Crippen LogP contribution >= 0.6 is 0 Å². The quantitative estimate of drug-likeness (QED) is 0.788. The number of aliphatic hydroxyl groups excluding tert-OH is 1. The Labute approximate surface area is 90.5 Å². The molecule has 0 saturated heterocycles. The van der Waals surface area contributed by atoms with Gasteiger partial charge in [-0.15, -0.1) is 0 Å². The average Bonchev–Trinajstić information content (AvgIpc) is 2.65. The molecule has 86 valence electrons. The van der Waals surface area contributed by atoms with Gasteiger partial charge in [-0.2, -0.15) is 0 Å². The van der Waals surface area contributed by atoms with Crippen LogP contribution in [-0.4, -0.2) is 29.6 Å². The molecule has 0 spiro atoms. The fourth-order valence-electron chi connectivity index (χ4n) is 1.41. The van der Waals surface area contributed by atoms with Gasteiger partial charge < -0.3 is 9.67 Å². The molecule has 0 saturated carbocycles. The molecule has 0 aliphatic carbocycles. The van der Waals surface area contributed by atoms with Crippen LogP contribution in [0.4, 0.5) is 0 Å². The summed E-state index contributed by atoms with van der Waals surface area (Å²) >= 11 is 0. The molecule has 0 amide bonds. The van der Waals surface area contributed by atoms with E-state index >= 15 is 0 Å². The lowest BCUT2D eigenvalue weighted by Gasteiger charge is -2.06. The van der Waals surface area contributed by atoms with Gasteiger partial charge in [0.2, 0.25) is 0 Å². The highest BCUT2D eigenvalue weighted by molar-refractivity contribution is 7.91. The highest BCUT2D eigenvalue weighted by atomic mass is 32.2. The van der Waals surface area contributed by atoms with Gasteiger partial charge in [-0.3, -0.25) is 0 Å². The van der Waals surface area contributed by atoms with Crippen molar-refractivity contribution in [3.8, 4) is 0 Å². The molecule has 0 aliphatic rings. The lowest BCUT2D eigenvalue weighted by molar-refractivity contribution is 0.270. The number of hydrogen-bond acceptors (Lipinski definition) is 3. The van der Waals surface area contributed by atoms with E-state index in [1.165, 1.54) is 0 Å². The fraction of sp³-hybridized carbons (Fsp3) is 0.600. The smallest absolute Gasteiger partial charge is 0.150 e. The van der Waals surface area contributed by atoms with Crippen molar-refractivity contribution < 1.29 is 13.5 Å². The molecule has 1 heterocycles. The van der Waals surface area contributed by atoms with E-state index in [9.17, 15) is 8.42 Å². The van der Waals surface area contributed by atoms with Crippen molar-refractivity contribution in [1.29, 1.82) is 0 Å². The molecule has 1 rings (SSSR count). The standard InChI is InChI=1S/C10H17NO3S/c1-2-15(13,14)8-4-7-11-6-3-5-10(11)9-12/h3,5-6,12H,2,4,7-9H2,1H3. The molecular formula is C10H17NO3S. The second-order valence-electron chi connectivity index (χ2n) is 3.44. The summed E-state index contributed by atoms with van der Waals surface area (Å²) < 4.78 is 24.3. The van der Waals surface area contributed by atoms with Crippen LogP contribution in [0, 0.1) is 0 Å². The zero-order valence-corrected chi connectivity index (χ0v) is 9.70. The fourth-order valence-corrected chi connectivity index (χ4v) is 2.27. The molecule has 4 nitrogen and oxygen atoms in total. The van der Waals surface area contributed by atoms with Crippen molar-refractivity contribution in [3.63, 3.8) is 0 Å². The Hall–Kier alpha value is -0.810. The van der Waals surface area contributed by atoms with Crippen LogP contribution in [0.15, 0.2) is 18.3 Å². The molecule has 1 N–H and O–H groups in total. The second kappa shape index (κ2) is 5.32. The van der Waals surface area contributed by atoms with Crippen LogP contribution in [0.5, 0.6) is 0 Å². The van der Waals surface area contributed by atoms with Gasteiger partial charge in [0.1, 0.15) is 9.84 Å². The number of aliphatic hydroxyl groups is 1. The van der Waals surface area contributed by atoms with Crippen molar-refractivity contribution in [2.45, 2.75) is 26.5 Å². The largest absolute Gasteiger partial charge is 0.390 e. The minimum atomic E-state index is -2.87. The first-order chi connectivity index (χ1) is 7.09. The molecule has 0 aliphatic heterocycles. The van der Waals surface area contributed by atoms with E-state index in [0.717, 1.165) is 5.69 Å². The summed E-state index contributed by atoms with van der Waals surface area (Å²) in [4.78, 5) is 0. The molecule has 0 fully saturated rings. The van der Waals surface area contributed by atoms with E-state index in [0.29, 0.717) is 13.0 Å². The maximum atomic E-state index is 11.2. The Balaban J connectivity index is 2.45. The first-order valence-electron chi connectivity index (χ1n) is 5.04. The highest BCUT2D eigenvalue weighted by Gasteiger charge is 2.07. The van der Waals surface area contributed by atoms with E-state index in [4.69, 9.17) is 5.11 Å². The molecular weight excluding hydrogens is 214 g/mol. The van der Waals surface area contributed by atoms with Crippen LogP contribution in [0.3, 0.4) is 0 Å². The van der Waals surface area contributed by atoms with Crippen LogP contribution in [-0.2, 0) is 23.0 Å². The third-order valence-electron chi connectivity index (χ3n) is 2.38. The number of aryl methyl sites for hydroxylation is 1. The van der Waals surface area contributed by atoms with Crippen LogP contribution in [0.1, 0.15) is 19.0 Å². The number of aromatic nitrogens is 1. The van der Waals surface area contributed by atoms with Gasteiger partial charge in [0, 0.05) is 24.2 Å². The maximum Gasteiger partial charge on any atom is 0.150 e. The highest BCUT2D eigenvalue weighted by Crippen LogP contribution is 2.04. The van der Waals surface area contributed by atoms with Gasteiger partial charge in [-0.05, 0) is 18.6 Å². The molecule has 0 aromatic carbocycles. The van der Waals surface area contributed by atoms with Crippen LogP contribution in [0.25, 0.3) is 0 Å². The number of sulfone groups is 1. The zero-order valence-electron chi connectivity index (χ0n) is 8.89. The minimum Gasteiger partial charge on any atom is -0.390 e.